The van der Waals surface area contributed by atoms with Gasteiger partial charge in [0.1, 0.15) is 5.25 Å². The van der Waals surface area contributed by atoms with E-state index in [2.05, 4.69) is 35.8 Å². The Bertz CT molecular complexity index is 779. The second-order valence-corrected chi connectivity index (χ2v) is 13.0. The van der Waals surface area contributed by atoms with Gasteiger partial charge in [0, 0.05) is 45.9 Å². The van der Waals surface area contributed by atoms with E-state index in [4.69, 9.17) is 4.74 Å². The molecule has 0 aromatic heterocycles. The number of hydrogen-bond acceptors (Lipinski definition) is 9. The lowest BCUT2D eigenvalue weighted by Crippen LogP contribution is -2.61. The van der Waals surface area contributed by atoms with Crippen LogP contribution in [0.15, 0.2) is 0 Å². The Morgan fingerprint density at radius 1 is 1.00 bits per heavy atom. The minimum Gasteiger partial charge on any atom is -0.380 e. The summed E-state index contributed by atoms with van der Waals surface area (Å²) >= 11 is 0. The summed E-state index contributed by atoms with van der Waals surface area (Å²) in [5.74, 6) is 0.449. The minimum absolute atomic E-state index is 0.0989. The Morgan fingerprint density at radius 3 is 2.56 bits per heavy atom. The Kier molecular flexibility index (Phi) is 8.14. The van der Waals surface area contributed by atoms with E-state index in [-0.39, 0.29) is 24.4 Å². The van der Waals surface area contributed by atoms with Gasteiger partial charge in [-0.3, -0.25) is 10.9 Å². The topological polar surface area (TPSA) is 101 Å². The Balaban J connectivity index is 1.20. The number of sulfonamides is 1. The molecule has 4 saturated heterocycles. The first-order valence-electron chi connectivity index (χ1n) is 13.4. The highest BCUT2D eigenvalue weighted by molar-refractivity contribution is 7.90. The third-order valence-corrected chi connectivity index (χ3v) is 10.8. The molecule has 0 radical (unpaired) electrons. The molecule has 1 saturated carbocycles. The average molecular weight is 500 g/mol. The van der Waals surface area contributed by atoms with E-state index in [9.17, 15) is 8.42 Å². The van der Waals surface area contributed by atoms with Gasteiger partial charge in [-0.05, 0) is 64.1 Å². The first kappa shape index (κ1) is 25.3. The van der Waals surface area contributed by atoms with Crippen molar-refractivity contribution < 1.29 is 13.2 Å². The van der Waals surface area contributed by atoms with Crippen molar-refractivity contribution in [3.8, 4) is 0 Å². The maximum Gasteiger partial charge on any atom is 0.217 e. The number of hydrazine groups is 2. The fourth-order valence-corrected chi connectivity index (χ4v) is 8.52. The molecule has 7 atom stereocenters. The Labute approximate surface area is 205 Å². The van der Waals surface area contributed by atoms with Crippen molar-refractivity contribution in [3.05, 3.63) is 0 Å². The molecule has 0 bridgehead atoms. The molecular weight excluding hydrogens is 454 g/mol. The van der Waals surface area contributed by atoms with Gasteiger partial charge in [-0.1, -0.05) is 12.8 Å². The van der Waals surface area contributed by atoms with Crippen LogP contribution in [0.4, 0.5) is 0 Å². The zero-order valence-electron chi connectivity index (χ0n) is 20.9. The Hall–Kier alpha value is -0.370. The zero-order valence-corrected chi connectivity index (χ0v) is 21.7. The van der Waals surface area contributed by atoms with Gasteiger partial charge < -0.3 is 15.0 Å². The highest BCUT2D eigenvalue weighted by Gasteiger charge is 2.48. The lowest BCUT2D eigenvalue weighted by atomic mass is 9.80. The van der Waals surface area contributed by atoms with E-state index in [0.717, 1.165) is 32.4 Å². The number of rotatable bonds is 6. The van der Waals surface area contributed by atoms with E-state index in [1.807, 2.05) is 7.05 Å². The molecule has 5 fully saturated rings. The van der Waals surface area contributed by atoms with Crippen molar-refractivity contribution in [2.24, 2.45) is 5.92 Å². The lowest BCUT2D eigenvalue weighted by molar-refractivity contribution is 0.00328. The van der Waals surface area contributed by atoms with Gasteiger partial charge in [0.25, 0.3) is 0 Å². The summed E-state index contributed by atoms with van der Waals surface area (Å²) in [4.78, 5) is 2.68. The van der Waals surface area contributed by atoms with E-state index in [1.165, 1.54) is 45.2 Å². The van der Waals surface area contributed by atoms with Gasteiger partial charge in [-0.2, -0.15) is 0 Å². The van der Waals surface area contributed by atoms with Crippen LogP contribution in [0.3, 0.4) is 0 Å². The predicted molar refractivity (Wildman–Crippen MR) is 132 cm³/mol. The third kappa shape index (κ3) is 5.33. The average Bonchev–Trinajstić information content (AvgIpc) is 3.39. The number of fused-ring (bicyclic) bond motifs is 1. The van der Waals surface area contributed by atoms with Crippen LogP contribution in [0.1, 0.15) is 51.4 Å². The van der Waals surface area contributed by atoms with Gasteiger partial charge >= 0.3 is 0 Å². The number of likely N-dealkylation sites (N-methyl/N-ethyl adjacent to an activating group) is 1. The number of nitrogens with one attached hydrogen (secondary N) is 4. The molecule has 34 heavy (non-hydrogen) atoms. The van der Waals surface area contributed by atoms with E-state index >= 15 is 0 Å². The number of piperidine rings is 1. The van der Waals surface area contributed by atoms with Gasteiger partial charge in [0.2, 0.25) is 10.0 Å². The van der Waals surface area contributed by atoms with Crippen molar-refractivity contribution in [1.82, 2.24) is 35.8 Å². The van der Waals surface area contributed by atoms with Gasteiger partial charge in [0.05, 0.1) is 18.3 Å². The van der Waals surface area contributed by atoms with Gasteiger partial charge in [-0.15, -0.1) is 0 Å². The van der Waals surface area contributed by atoms with Crippen molar-refractivity contribution in [2.75, 3.05) is 53.4 Å². The molecule has 0 aromatic carbocycles. The molecule has 10 nitrogen and oxygen atoms in total. The second-order valence-electron chi connectivity index (χ2n) is 11.0. The summed E-state index contributed by atoms with van der Waals surface area (Å²) in [6, 6.07) is 0.475. The molecule has 4 heterocycles. The quantitative estimate of drug-likeness (QED) is 0.391. The van der Waals surface area contributed by atoms with Crippen molar-refractivity contribution in [3.63, 3.8) is 0 Å². The summed E-state index contributed by atoms with van der Waals surface area (Å²) in [6.07, 6.45) is 9.56. The molecule has 5 aliphatic rings. The summed E-state index contributed by atoms with van der Waals surface area (Å²) in [5, 5.41) is 7.40. The van der Waals surface area contributed by atoms with Crippen LogP contribution in [0.2, 0.25) is 0 Å². The second kappa shape index (κ2) is 10.9. The summed E-state index contributed by atoms with van der Waals surface area (Å²) in [5.41, 5.74) is 6.80. The minimum atomic E-state index is -3.50. The molecule has 0 amide bonds. The molecule has 7 unspecified atom stereocenters. The summed E-state index contributed by atoms with van der Waals surface area (Å²) < 4.78 is 35.9. The monoisotopic (exact) mass is 499 g/mol. The maximum atomic E-state index is 13.5. The maximum absolute atomic E-state index is 13.5. The molecular formula is C23H45N7O3S. The van der Waals surface area contributed by atoms with Gasteiger partial charge in [-0.25, -0.2) is 23.2 Å². The number of likely N-dealkylation sites (tertiary alicyclic amines) is 1. The Morgan fingerprint density at radius 2 is 1.79 bits per heavy atom. The third-order valence-electron chi connectivity index (χ3n) is 8.97. The molecule has 196 valence electrons. The normalized spacial score (nSPS) is 41.4. The largest absolute Gasteiger partial charge is 0.380 e. The van der Waals surface area contributed by atoms with E-state index in [1.54, 1.807) is 7.11 Å². The SMILES string of the molecule is COC1CCC2CNN(C)C2C1NS(=O)(=O)C1CNN(C2CC(N3CCCCCC3)CCN2)C1. The number of methoxy groups -OCH3 is 1. The number of hydrogen-bond donors (Lipinski definition) is 4. The van der Waals surface area contributed by atoms with Crippen LogP contribution in [-0.4, -0.2) is 112 Å². The number of ether oxygens (including phenoxy) is 1. The first-order valence-corrected chi connectivity index (χ1v) is 15.0. The van der Waals surface area contributed by atoms with Crippen LogP contribution in [0, 0.1) is 5.92 Å². The van der Waals surface area contributed by atoms with Crippen LogP contribution in [0.5, 0.6) is 0 Å². The van der Waals surface area contributed by atoms with Crippen LogP contribution >= 0.6 is 0 Å². The highest BCUT2D eigenvalue weighted by Crippen LogP contribution is 2.33. The summed E-state index contributed by atoms with van der Waals surface area (Å²) in [7, 11) is 0.208. The standard InChI is InChI=1S/C23H45N7O3S/c1-28-23-17(14-25-28)7-8-20(33-2)22(23)27-34(31,32)19-15-26-30(16-19)21-13-18(9-10-24-21)29-11-5-3-4-6-12-29/h17-27H,3-16H2,1-2H3. The molecule has 1 aliphatic carbocycles. The molecule has 5 rings (SSSR count). The fourth-order valence-electron chi connectivity index (χ4n) is 7.00. The summed E-state index contributed by atoms with van der Waals surface area (Å²) in [6.45, 7) is 5.26. The smallest absolute Gasteiger partial charge is 0.217 e. The van der Waals surface area contributed by atoms with Crippen molar-refractivity contribution in [2.45, 2.75) is 87.0 Å². The van der Waals surface area contributed by atoms with Crippen LogP contribution in [0.25, 0.3) is 0 Å². The predicted octanol–water partition coefficient (Wildman–Crippen LogP) is -0.339. The van der Waals surface area contributed by atoms with Crippen LogP contribution < -0.4 is 20.9 Å². The van der Waals surface area contributed by atoms with Crippen molar-refractivity contribution >= 4 is 10.0 Å². The van der Waals surface area contributed by atoms with E-state index < -0.39 is 15.3 Å². The van der Waals surface area contributed by atoms with Crippen molar-refractivity contribution in [1.29, 1.82) is 0 Å². The number of nitrogens with zero attached hydrogens (tertiary/aromatic N) is 3. The molecule has 0 aromatic rings. The molecule has 11 heteroatoms. The fraction of sp³-hybridized carbons (Fsp3) is 1.00. The molecule has 0 spiro atoms. The molecule has 4 N–H and O–H groups in total. The van der Waals surface area contributed by atoms with Crippen LogP contribution in [-0.2, 0) is 14.8 Å². The van der Waals surface area contributed by atoms with Gasteiger partial charge in [0.15, 0.2) is 0 Å². The lowest BCUT2D eigenvalue weighted by Gasteiger charge is -2.41. The first-order chi connectivity index (χ1) is 16.5. The zero-order chi connectivity index (χ0) is 23.7. The van der Waals surface area contributed by atoms with E-state index in [0.29, 0.717) is 25.0 Å². The highest BCUT2D eigenvalue weighted by atomic mass is 32.2. The molecule has 4 aliphatic heterocycles.